The molecule has 0 aromatic heterocycles. The first-order valence-electron chi connectivity index (χ1n) is 7.36. The molecule has 0 bridgehead atoms. The third-order valence-corrected chi connectivity index (χ3v) is 3.57. The molecule has 0 heterocycles. The molecule has 0 unspecified atom stereocenters. The van der Waals surface area contributed by atoms with Gasteiger partial charge < -0.3 is 9.64 Å². The molecular weight excluding hydrogens is 266 g/mol. The van der Waals surface area contributed by atoms with Gasteiger partial charge >= 0.3 is 0 Å². The van der Waals surface area contributed by atoms with Gasteiger partial charge in [0.2, 0.25) is 11.6 Å². The van der Waals surface area contributed by atoms with Crippen LogP contribution in [-0.4, -0.2) is 36.7 Å². The maximum absolute atomic E-state index is 12.1. The molecule has 0 N–H and O–H groups in total. The highest BCUT2D eigenvalue weighted by Crippen LogP contribution is 2.31. The molecule has 0 spiro atoms. The van der Waals surface area contributed by atoms with Crippen LogP contribution in [-0.2, 0) is 4.79 Å². The molecule has 0 saturated carbocycles. The van der Waals surface area contributed by atoms with E-state index < -0.39 is 11.6 Å². The van der Waals surface area contributed by atoms with Crippen LogP contribution in [0.15, 0.2) is 24.3 Å². The lowest BCUT2D eigenvalue weighted by molar-refractivity contribution is -0.111. The van der Waals surface area contributed by atoms with Gasteiger partial charge in [-0.1, -0.05) is 13.8 Å². The molecule has 0 atom stereocenters. The number of allylic oxidation sites excluding steroid dienone is 1. The highest BCUT2D eigenvalue weighted by Gasteiger charge is 2.28. The van der Waals surface area contributed by atoms with Crippen molar-refractivity contribution in [3.8, 4) is 5.75 Å². The molecule has 0 radical (unpaired) electrons. The second-order valence-corrected chi connectivity index (χ2v) is 5.12. The van der Waals surface area contributed by atoms with Gasteiger partial charge in [-0.05, 0) is 31.0 Å². The Bertz CT molecular complexity index is 584. The zero-order valence-corrected chi connectivity index (χ0v) is 12.8. The van der Waals surface area contributed by atoms with Crippen molar-refractivity contribution < 1.29 is 14.3 Å². The largest absolute Gasteiger partial charge is 0.497 e. The van der Waals surface area contributed by atoms with Gasteiger partial charge in [0.15, 0.2) is 0 Å². The summed E-state index contributed by atoms with van der Waals surface area (Å²) in [6, 6.07) is 5.34. The van der Waals surface area contributed by atoms with Crippen molar-refractivity contribution in [2.75, 3.05) is 20.2 Å². The quantitative estimate of drug-likeness (QED) is 0.755. The first-order valence-corrected chi connectivity index (χ1v) is 7.36. The lowest BCUT2D eigenvalue weighted by Crippen LogP contribution is -2.29. The highest BCUT2D eigenvalue weighted by atomic mass is 16.5. The lowest BCUT2D eigenvalue weighted by atomic mass is 9.91. The van der Waals surface area contributed by atoms with Gasteiger partial charge in [-0.25, -0.2) is 0 Å². The molecule has 1 aliphatic carbocycles. The number of hydrogen-bond acceptors (Lipinski definition) is 4. The molecule has 21 heavy (non-hydrogen) atoms. The first kappa shape index (κ1) is 15.3. The Labute approximate surface area is 125 Å². The van der Waals surface area contributed by atoms with E-state index in [1.54, 1.807) is 13.2 Å². The molecule has 0 fully saturated rings. The highest BCUT2D eigenvalue weighted by molar-refractivity contribution is 6.50. The van der Waals surface area contributed by atoms with Gasteiger partial charge in [-0.15, -0.1) is 0 Å². The summed E-state index contributed by atoms with van der Waals surface area (Å²) in [5.74, 6) is -0.322. The number of Topliss-reactive ketones (excluding diaryl/α,β-unsaturated/α-hetero) is 1. The summed E-state index contributed by atoms with van der Waals surface area (Å²) in [7, 11) is 1.55. The number of carbonyl (C=O) groups is 2. The van der Waals surface area contributed by atoms with Gasteiger partial charge in [-0.3, -0.25) is 9.59 Å². The summed E-state index contributed by atoms with van der Waals surface area (Å²) in [5.41, 5.74) is 2.11. The zero-order valence-electron chi connectivity index (χ0n) is 12.8. The van der Waals surface area contributed by atoms with E-state index >= 15 is 0 Å². The molecule has 1 aromatic carbocycles. The van der Waals surface area contributed by atoms with Crippen LogP contribution in [0.1, 0.15) is 42.6 Å². The molecule has 0 saturated heterocycles. The third-order valence-electron chi connectivity index (χ3n) is 3.57. The van der Waals surface area contributed by atoms with Crippen LogP contribution in [0.3, 0.4) is 0 Å². The Morgan fingerprint density at radius 1 is 1.05 bits per heavy atom. The van der Waals surface area contributed by atoms with Crippen LogP contribution in [0, 0.1) is 0 Å². The number of ether oxygens (including phenoxy) is 1. The maximum atomic E-state index is 12.1. The van der Waals surface area contributed by atoms with E-state index in [0.717, 1.165) is 37.2 Å². The number of hydrogen-bond donors (Lipinski definition) is 0. The topological polar surface area (TPSA) is 46.6 Å². The van der Waals surface area contributed by atoms with Gasteiger partial charge in [0, 0.05) is 36.0 Å². The maximum Gasteiger partial charge on any atom is 0.233 e. The number of fused-ring (bicyclic) bond motifs is 1. The van der Waals surface area contributed by atoms with Crippen molar-refractivity contribution in [3.05, 3.63) is 35.4 Å². The third kappa shape index (κ3) is 2.99. The smallest absolute Gasteiger partial charge is 0.233 e. The molecule has 4 nitrogen and oxygen atoms in total. The number of benzene rings is 1. The van der Waals surface area contributed by atoms with E-state index in [2.05, 4.69) is 18.7 Å². The Balaban J connectivity index is 2.50. The lowest BCUT2D eigenvalue weighted by Gasteiger charge is -2.29. The molecule has 4 heteroatoms. The number of rotatable bonds is 6. The minimum Gasteiger partial charge on any atom is -0.497 e. The van der Waals surface area contributed by atoms with Crippen LogP contribution in [0.2, 0.25) is 0 Å². The summed E-state index contributed by atoms with van der Waals surface area (Å²) in [6.45, 7) is 5.95. The summed E-state index contributed by atoms with van der Waals surface area (Å²) in [5, 5.41) is 0. The minimum absolute atomic E-state index is 0.439. The van der Waals surface area contributed by atoms with Crippen molar-refractivity contribution in [3.63, 3.8) is 0 Å². The molecule has 0 aliphatic heterocycles. The van der Waals surface area contributed by atoms with Crippen LogP contribution in [0.4, 0.5) is 0 Å². The fourth-order valence-electron chi connectivity index (χ4n) is 2.62. The standard InChI is InChI=1S/C17H21NO3/c1-4-8-18(9-5-2)15-11-16(19)17(20)14-10-12(21-3)6-7-13(14)15/h6-7,10-11H,4-5,8-9H2,1-3H3. The summed E-state index contributed by atoms with van der Waals surface area (Å²) in [6.07, 6.45) is 3.46. The van der Waals surface area contributed by atoms with Gasteiger partial charge in [0.1, 0.15) is 5.75 Å². The average Bonchev–Trinajstić information content (AvgIpc) is 2.50. The second-order valence-electron chi connectivity index (χ2n) is 5.12. The van der Waals surface area contributed by atoms with E-state index in [-0.39, 0.29) is 0 Å². The van der Waals surface area contributed by atoms with Crippen molar-refractivity contribution in [2.24, 2.45) is 0 Å². The number of methoxy groups -OCH3 is 1. The number of nitrogens with zero attached hydrogens (tertiary/aromatic N) is 1. The molecular formula is C17H21NO3. The van der Waals surface area contributed by atoms with Crippen molar-refractivity contribution in [1.82, 2.24) is 4.90 Å². The first-order chi connectivity index (χ1) is 10.1. The van der Waals surface area contributed by atoms with E-state index in [0.29, 0.717) is 11.3 Å². The van der Waals surface area contributed by atoms with Crippen LogP contribution in [0.25, 0.3) is 5.70 Å². The van der Waals surface area contributed by atoms with Crippen LogP contribution in [0.5, 0.6) is 5.75 Å². The second kappa shape index (κ2) is 6.57. The Kier molecular flexibility index (Phi) is 4.78. The predicted octanol–water partition coefficient (Wildman–Crippen LogP) is 2.92. The molecule has 2 rings (SSSR count). The van der Waals surface area contributed by atoms with Gasteiger partial charge in [-0.2, -0.15) is 0 Å². The molecule has 1 aliphatic rings. The van der Waals surface area contributed by atoms with E-state index in [9.17, 15) is 9.59 Å². The summed E-state index contributed by atoms with van der Waals surface area (Å²) >= 11 is 0. The fraction of sp³-hybridized carbons (Fsp3) is 0.412. The Hall–Kier alpha value is -2.10. The van der Waals surface area contributed by atoms with E-state index in [4.69, 9.17) is 4.74 Å². The fourth-order valence-corrected chi connectivity index (χ4v) is 2.62. The van der Waals surface area contributed by atoms with Crippen molar-refractivity contribution in [1.29, 1.82) is 0 Å². The van der Waals surface area contributed by atoms with Crippen LogP contribution < -0.4 is 4.74 Å². The average molecular weight is 287 g/mol. The van der Waals surface area contributed by atoms with Crippen LogP contribution >= 0.6 is 0 Å². The van der Waals surface area contributed by atoms with E-state index in [1.807, 2.05) is 12.1 Å². The summed E-state index contributed by atoms with van der Waals surface area (Å²) in [4.78, 5) is 26.3. The predicted molar refractivity (Wildman–Crippen MR) is 82.5 cm³/mol. The summed E-state index contributed by atoms with van der Waals surface area (Å²) < 4.78 is 5.16. The number of ketones is 2. The zero-order chi connectivity index (χ0) is 15.4. The molecule has 112 valence electrons. The molecule has 1 aromatic rings. The Morgan fingerprint density at radius 3 is 2.29 bits per heavy atom. The van der Waals surface area contributed by atoms with E-state index in [1.165, 1.54) is 6.08 Å². The normalized spacial score (nSPS) is 13.8. The Morgan fingerprint density at radius 2 is 1.71 bits per heavy atom. The van der Waals surface area contributed by atoms with Gasteiger partial charge in [0.25, 0.3) is 0 Å². The van der Waals surface area contributed by atoms with Gasteiger partial charge in [0.05, 0.1) is 7.11 Å². The number of carbonyl (C=O) groups excluding carboxylic acids is 2. The van der Waals surface area contributed by atoms with Crippen molar-refractivity contribution >= 4 is 17.3 Å². The monoisotopic (exact) mass is 287 g/mol. The minimum atomic E-state index is -0.458. The van der Waals surface area contributed by atoms with Crippen molar-refractivity contribution in [2.45, 2.75) is 26.7 Å². The molecule has 0 amide bonds. The SMILES string of the molecule is CCCN(CCC)C1=CC(=O)C(=O)c2cc(OC)ccc21.